The molecule has 0 amide bonds. The quantitative estimate of drug-likeness (QED) is 0.709. The summed E-state index contributed by atoms with van der Waals surface area (Å²) in [5.41, 5.74) is 0.258. The van der Waals surface area contributed by atoms with Crippen molar-refractivity contribution in [2.75, 3.05) is 7.11 Å². The van der Waals surface area contributed by atoms with Gasteiger partial charge >= 0.3 is 5.97 Å². The van der Waals surface area contributed by atoms with Crippen molar-refractivity contribution >= 4 is 22.6 Å². The van der Waals surface area contributed by atoms with E-state index in [2.05, 4.69) is 15.1 Å². The lowest BCUT2D eigenvalue weighted by Gasteiger charge is -2.05. The topological polar surface area (TPSA) is 112 Å². The molecule has 3 aromatic heterocycles. The van der Waals surface area contributed by atoms with Crippen LogP contribution in [-0.2, 0) is 22.7 Å². The Morgan fingerprint density at radius 2 is 2.27 bits per heavy atom. The molecular weight excluding hydrogens is 290 g/mol. The Morgan fingerprint density at radius 1 is 1.45 bits per heavy atom. The third-order valence-corrected chi connectivity index (χ3v) is 3.19. The molecule has 0 aliphatic rings. The highest BCUT2D eigenvalue weighted by atomic mass is 16.5. The van der Waals surface area contributed by atoms with Gasteiger partial charge in [0.15, 0.2) is 5.82 Å². The van der Waals surface area contributed by atoms with Gasteiger partial charge in [-0.15, -0.1) is 5.10 Å². The molecule has 22 heavy (non-hydrogen) atoms. The summed E-state index contributed by atoms with van der Waals surface area (Å²) in [6.45, 7) is 0.356. The van der Waals surface area contributed by atoms with E-state index >= 15 is 0 Å². The Hall–Kier alpha value is -2.81. The molecule has 0 radical (unpaired) electrons. The van der Waals surface area contributed by atoms with Crippen LogP contribution in [0, 0.1) is 0 Å². The third-order valence-electron chi connectivity index (χ3n) is 3.19. The molecule has 0 spiro atoms. The lowest BCUT2D eigenvalue weighted by Crippen LogP contribution is -2.21. The van der Waals surface area contributed by atoms with Gasteiger partial charge in [-0.1, -0.05) is 0 Å². The fourth-order valence-electron chi connectivity index (χ4n) is 2.18. The number of carboxylic acid groups (broad SMARTS) is 1. The number of rotatable bonds is 5. The summed E-state index contributed by atoms with van der Waals surface area (Å²) in [6, 6.07) is 1.69. The molecule has 3 rings (SSSR count). The maximum atomic E-state index is 12.4. The number of pyridine rings is 1. The Labute approximate surface area is 123 Å². The number of carbonyl (C=O) groups is 1. The van der Waals surface area contributed by atoms with E-state index in [1.807, 2.05) is 0 Å². The summed E-state index contributed by atoms with van der Waals surface area (Å²) in [7, 11) is 1.54. The number of aliphatic carboxylic acids is 1. The van der Waals surface area contributed by atoms with Gasteiger partial charge in [-0.3, -0.25) is 9.59 Å². The zero-order chi connectivity index (χ0) is 15.7. The zero-order valence-corrected chi connectivity index (χ0v) is 11.8. The molecule has 9 nitrogen and oxygen atoms in total. The second-order valence-corrected chi connectivity index (χ2v) is 4.69. The second kappa shape index (κ2) is 5.53. The van der Waals surface area contributed by atoms with Gasteiger partial charge < -0.3 is 14.4 Å². The molecule has 0 unspecified atom stereocenters. The predicted octanol–water partition coefficient (Wildman–Crippen LogP) is 0.0603. The van der Waals surface area contributed by atoms with Crippen molar-refractivity contribution in [2.45, 2.75) is 19.6 Å². The predicted molar refractivity (Wildman–Crippen MR) is 75.5 cm³/mol. The number of aromatic nitrogens is 5. The normalized spacial score (nSPS) is 11.3. The molecule has 0 aromatic carbocycles. The summed E-state index contributed by atoms with van der Waals surface area (Å²) < 4.78 is 7.80. The largest absolute Gasteiger partial charge is 0.481 e. The summed E-state index contributed by atoms with van der Waals surface area (Å²) in [4.78, 5) is 31.3. The van der Waals surface area contributed by atoms with Crippen LogP contribution in [0.5, 0.6) is 0 Å². The number of carboxylic acids is 1. The number of nitrogens with zero attached hydrogens (tertiary/aromatic N) is 5. The van der Waals surface area contributed by atoms with Crippen molar-refractivity contribution in [2.24, 2.45) is 0 Å². The summed E-state index contributed by atoms with van der Waals surface area (Å²) >= 11 is 0. The van der Waals surface area contributed by atoms with E-state index in [0.717, 1.165) is 0 Å². The van der Waals surface area contributed by atoms with E-state index in [-0.39, 0.29) is 25.1 Å². The Balaban J connectivity index is 2.13. The summed E-state index contributed by atoms with van der Waals surface area (Å²) in [5, 5.41) is 13.3. The maximum Gasteiger partial charge on any atom is 0.305 e. The standard InChI is InChI=1S/C13H13N5O4/c1-22-7-10-15-13-14-6-8-9(18(13)16-10)2-4-17(12(8)21)5-3-11(19)20/h2,4,6H,3,5,7H2,1H3,(H,19,20). The van der Waals surface area contributed by atoms with Gasteiger partial charge in [0.2, 0.25) is 0 Å². The van der Waals surface area contributed by atoms with Crippen LogP contribution in [0.1, 0.15) is 12.2 Å². The minimum absolute atomic E-state index is 0.106. The van der Waals surface area contributed by atoms with Crippen molar-refractivity contribution in [3.05, 3.63) is 34.6 Å². The maximum absolute atomic E-state index is 12.4. The molecule has 0 aliphatic carbocycles. The molecule has 1 N–H and O–H groups in total. The number of hydrogen-bond donors (Lipinski definition) is 1. The number of hydrogen-bond acceptors (Lipinski definition) is 6. The van der Waals surface area contributed by atoms with E-state index in [4.69, 9.17) is 9.84 Å². The van der Waals surface area contributed by atoms with E-state index in [0.29, 0.717) is 22.5 Å². The van der Waals surface area contributed by atoms with Gasteiger partial charge in [-0.05, 0) is 6.07 Å². The molecule has 0 saturated heterocycles. The van der Waals surface area contributed by atoms with Gasteiger partial charge in [0, 0.05) is 26.0 Å². The van der Waals surface area contributed by atoms with Crippen LogP contribution in [0.4, 0.5) is 0 Å². The lowest BCUT2D eigenvalue weighted by molar-refractivity contribution is -0.137. The van der Waals surface area contributed by atoms with E-state index in [1.54, 1.807) is 19.4 Å². The van der Waals surface area contributed by atoms with Crippen LogP contribution in [0.15, 0.2) is 23.3 Å². The first-order chi connectivity index (χ1) is 10.6. The molecule has 3 aromatic rings. The van der Waals surface area contributed by atoms with Crippen LogP contribution in [-0.4, -0.2) is 42.3 Å². The molecule has 114 valence electrons. The SMILES string of the molecule is COCc1nc2ncc3c(=O)n(CCC(=O)O)ccc3n2n1. The monoisotopic (exact) mass is 303 g/mol. The van der Waals surface area contributed by atoms with E-state index in [9.17, 15) is 9.59 Å². The minimum Gasteiger partial charge on any atom is -0.481 e. The molecule has 0 bridgehead atoms. The van der Waals surface area contributed by atoms with Crippen molar-refractivity contribution in [3.8, 4) is 0 Å². The number of methoxy groups -OCH3 is 1. The fraction of sp³-hybridized carbons (Fsp3) is 0.308. The molecule has 3 heterocycles. The lowest BCUT2D eigenvalue weighted by atomic mass is 10.3. The van der Waals surface area contributed by atoms with Gasteiger partial charge in [0.1, 0.15) is 6.61 Å². The molecule has 0 saturated carbocycles. The van der Waals surface area contributed by atoms with Crippen molar-refractivity contribution < 1.29 is 14.6 Å². The average Bonchev–Trinajstić information content (AvgIpc) is 2.89. The third kappa shape index (κ3) is 2.42. The van der Waals surface area contributed by atoms with Gasteiger partial charge in [-0.2, -0.15) is 9.50 Å². The number of aryl methyl sites for hydroxylation is 1. The van der Waals surface area contributed by atoms with Crippen molar-refractivity contribution in [3.63, 3.8) is 0 Å². The Morgan fingerprint density at radius 3 is 3.00 bits per heavy atom. The highest BCUT2D eigenvalue weighted by Gasteiger charge is 2.11. The smallest absolute Gasteiger partial charge is 0.305 e. The minimum atomic E-state index is -0.957. The highest BCUT2D eigenvalue weighted by Crippen LogP contribution is 2.10. The van der Waals surface area contributed by atoms with Gasteiger partial charge in [-0.25, -0.2) is 4.98 Å². The van der Waals surface area contributed by atoms with Crippen LogP contribution >= 0.6 is 0 Å². The van der Waals surface area contributed by atoms with Gasteiger partial charge in [0.05, 0.1) is 17.3 Å². The molecule has 9 heteroatoms. The summed E-state index contributed by atoms with van der Waals surface area (Å²) in [5.74, 6) is -0.110. The summed E-state index contributed by atoms with van der Waals surface area (Å²) in [6.07, 6.45) is 2.85. The van der Waals surface area contributed by atoms with Gasteiger partial charge in [0.25, 0.3) is 11.3 Å². The first-order valence-electron chi connectivity index (χ1n) is 6.54. The highest BCUT2D eigenvalue weighted by molar-refractivity contribution is 5.78. The first kappa shape index (κ1) is 14.1. The molecule has 0 atom stereocenters. The van der Waals surface area contributed by atoms with Crippen LogP contribution in [0.3, 0.4) is 0 Å². The first-order valence-corrected chi connectivity index (χ1v) is 6.54. The van der Waals surface area contributed by atoms with Crippen molar-refractivity contribution in [1.29, 1.82) is 0 Å². The van der Waals surface area contributed by atoms with E-state index in [1.165, 1.54) is 15.3 Å². The Bertz CT molecular complexity index is 914. The molecule has 0 aliphatic heterocycles. The van der Waals surface area contributed by atoms with Crippen molar-refractivity contribution in [1.82, 2.24) is 24.1 Å². The van der Waals surface area contributed by atoms with Crippen LogP contribution < -0.4 is 5.56 Å². The zero-order valence-electron chi connectivity index (χ0n) is 11.8. The van der Waals surface area contributed by atoms with Crippen LogP contribution in [0.2, 0.25) is 0 Å². The second-order valence-electron chi connectivity index (χ2n) is 4.69. The number of ether oxygens (including phenoxy) is 1. The molecule has 0 fully saturated rings. The van der Waals surface area contributed by atoms with Crippen LogP contribution in [0.25, 0.3) is 16.7 Å². The fourth-order valence-corrected chi connectivity index (χ4v) is 2.18. The number of fused-ring (bicyclic) bond motifs is 3. The Kier molecular flexibility index (Phi) is 3.55. The average molecular weight is 303 g/mol. The van der Waals surface area contributed by atoms with E-state index < -0.39 is 5.97 Å². The molecular formula is C13H13N5O4.